The second-order valence-electron chi connectivity index (χ2n) is 4.08. The van der Waals surface area contributed by atoms with E-state index in [0.29, 0.717) is 0 Å². The number of anilines is 1. The number of nitrogens with zero attached hydrogens (tertiary/aromatic N) is 2. The van der Waals surface area contributed by atoms with E-state index >= 15 is 0 Å². The first-order valence-electron chi connectivity index (χ1n) is 5.71. The Morgan fingerprint density at radius 2 is 2.50 bits per heavy atom. The topological polar surface area (TPSA) is 29.3 Å². The van der Waals surface area contributed by atoms with Gasteiger partial charge >= 0.3 is 0 Å². The van der Waals surface area contributed by atoms with E-state index in [1.54, 1.807) is 0 Å². The van der Waals surface area contributed by atoms with Crippen LogP contribution in [0, 0.1) is 0 Å². The Morgan fingerprint density at radius 1 is 1.50 bits per heavy atom. The monoisotopic (exact) mass is 233 g/mol. The zero-order chi connectivity index (χ0) is 10.8. The summed E-state index contributed by atoms with van der Waals surface area (Å²) in [6.07, 6.45) is 6.55. The molecule has 1 aliphatic rings. The number of nitrogens with one attached hydrogen (secondary N) is 1. The maximum atomic E-state index is 4.28. The molecule has 16 heavy (non-hydrogen) atoms. The quantitative estimate of drug-likeness (QED) is 0.883. The molecule has 1 unspecified atom stereocenters. The Hall–Kier alpha value is -1.16. The van der Waals surface area contributed by atoms with Gasteiger partial charge in [0.1, 0.15) is 11.5 Å². The zero-order valence-electron chi connectivity index (χ0n) is 9.10. The summed E-state index contributed by atoms with van der Waals surface area (Å²) in [6, 6.07) is 6.18. The number of imidazole rings is 1. The van der Waals surface area contributed by atoms with Crippen LogP contribution in [0.4, 0.5) is 5.82 Å². The van der Waals surface area contributed by atoms with Crippen LogP contribution in [0.3, 0.4) is 0 Å². The van der Waals surface area contributed by atoms with Crippen LogP contribution in [-0.2, 0) is 0 Å². The Kier molecular flexibility index (Phi) is 2.74. The second-order valence-corrected chi connectivity index (χ2v) is 5.49. The molecule has 84 valence electrons. The molecule has 0 spiro atoms. The van der Waals surface area contributed by atoms with E-state index in [4.69, 9.17) is 0 Å². The minimum Gasteiger partial charge on any atom is -0.370 e. The minimum atomic E-state index is 0.777. The standard InChI is InChI=1S/C12H15N3S/c1-4-11-13-6-7-15(11)12(5-1)14-9-10-3-2-8-16-10/h1,4-7,10,14H,2-3,8-9H2. The molecule has 3 rings (SSSR count). The molecule has 0 amide bonds. The Morgan fingerprint density at radius 3 is 3.38 bits per heavy atom. The lowest BCUT2D eigenvalue weighted by Crippen LogP contribution is -2.15. The smallest absolute Gasteiger partial charge is 0.138 e. The van der Waals surface area contributed by atoms with Crippen LogP contribution in [0.1, 0.15) is 12.8 Å². The van der Waals surface area contributed by atoms with Crippen LogP contribution in [-0.4, -0.2) is 26.9 Å². The fourth-order valence-electron chi connectivity index (χ4n) is 2.12. The van der Waals surface area contributed by atoms with Crippen molar-refractivity contribution in [2.45, 2.75) is 18.1 Å². The number of hydrogen-bond donors (Lipinski definition) is 1. The van der Waals surface area contributed by atoms with Gasteiger partial charge in [-0.15, -0.1) is 0 Å². The number of pyridine rings is 1. The molecule has 0 aliphatic carbocycles. The summed E-state index contributed by atoms with van der Waals surface area (Å²) in [6.45, 7) is 1.06. The summed E-state index contributed by atoms with van der Waals surface area (Å²) in [7, 11) is 0. The van der Waals surface area contributed by atoms with Crippen LogP contribution in [0.25, 0.3) is 5.65 Å². The van der Waals surface area contributed by atoms with Crippen molar-refractivity contribution >= 4 is 23.2 Å². The molecule has 0 saturated carbocycles. The first-order chi connectivity index (χ1) is 7.93. The van der Waals surface area contributed by atoms with Gasteiger partial charge in [0, 0.05) is 24.2 Å². The fourth-order valence-corrected chi connectivity index (χ4v) is 3.32. The molecule has 3 nitrogen and oxygen atoms in total. The highest BCUT2D eigenvalue weighted by molar-refractivity contribution is 8.00. The second kappa shape index (κ2) is 4.37. The van der Waals surface area contributed by atoms with Crippen LogP contribution < -0.4 is 5.32 Å². The van der Waals surface area contributed by atoms with Crippen molar-refractivity contribution in [3.63, 3.8) is 0 Å². The van der Waals surface area contributed by atoms with Gasteiger partial charge in [-0.1, -0.05) is 6.07 Å². The third kappa shape index (κ3) is 1.89. The molecule has 1 fully saturated rings. The first-order valence-corrected chi connectivity index (χ1v) is 6.76. The highest BCUT2D eigenvalue weighted by atomic mass is 32.2. The Bertz CT molecular complexity index is 474. The lowest BCUT2D eigenvalue weighted by molar-refractivity contribution is 0.802. The van der Waals surface area contributed by atoms with Gasteiger partial charge in [-0.3, -0.25) is 4.40 Å². The number of hydrogen-bond acceptors (Lipinski definition) is 3. The third-order valence-corrected chi connectivity index (χ3v) is 4.36. The summed E-state index contributed by atoms with van der Waals surface area (Å²) in [5, 5.41) is 4.29. The molecule has 4 heteroatoms. The van der Waals surface area contributed by atoms with Crippen LogP contribution in [0.15, 0.2) is 30.6 Å². The SMILES string of the molecule is c1cc(NCC2CCCS2)n2ccnc2c1. The first kappa shape index (κ1) is 10.0. The predicted octanol–water partition coefficient (Wildman–Crippen LogP) is 2.64. The van der Waals surface area contributed by atoms with E-state index in [1.807, 2.05) is 24.5 Å². The van der Waals surface area contributed by atoms with Crippen molar-refractivity contribution < 1.29 is 0 Å². The zero-order valence-corrected chi connectivity index (χ0v) is 9.91. The lowest BCUT2D eigenvalue weighted by Gasteiger charge is -2.12. The van der Waals surface area contributed by atoms with Crippen molar-refractivity contribution in [1.29, 1.82) is 0 Å². The highest BCUT2D eigenvalue weighted by Gasteiger charge is 2.15. The van der Waals surface area contributed by atoms with Crippen molar-refractivity contribution in [3.05, 3.63) is 30.6 Å². The molecule has 2 aromatic heterocycles. The minimum absolute atomic E-state index is 0.777. The van der Waals surface area contributed by atoms with E-state index in [0.717, 1.165) is 23.3 Å². The molecule has 1 atom stereocenters. The van der Waals surface area contributed by atoms with Gasteiger partial charge in [0.2, 0.25) is 0 Å². The van der Waals surface area contributed by atoms with E-state index < -0.39 is 0 Å². The summed E-state index contributed by atoms with van der Waals surface area (Å²) < 4.78 is 2.10. The van der Waals surface area contributed by atoms with Crippen molar-refractivity contribution in [3.8, 4) is 0 Å². The molecule has 2 aromatic rings. The Labute approximate surface area is 99.3 Å². The molecule has 3 heterocycles. The van der Waals surface area contributed by atoms with Gasteiger partial charge in [-0.25, -0.2) is 4.98 Å². The molecule has 0 bridgehead atoms. The summed E-state index contributed by atoms with van der Waals surface area (Å²) >= 11 is 2.08. The normalized spacial score (nSPS) is 20.4. The average molecular weight is 233 g/mol. The van der Waals surface area contributed by atoms with Crippen LogP contribution >= 0.6 is 11.8 Å². The summed E-state index contributed by atoms with van der Waals surface area (Å²) in [4.78, 5) is 4.28. The molecule has 1 saturated heterocycles. The third-order valence-electron chi connectivity index (χ3n) is 2.96. The van der Waals surface area contributed by atoms with Gasteiger partial charge < -0.3 is 5.32 Å². The molecular weight excluding hydrogens is 218 g/mol. The maximum absolute atomic E-state index is 4.28. The van der Waals surface area contributed by atoms with Gasteiger partial charge in [0.05, 0.1) is 0 Å². The Balaban J connectivity index is 1.75. The lowest BCUT2D eigenvalue weighted by atomic mass is 10.2. The molecule has 0 aromatic carbocycles. The number of thioether (sulfide) groups is 1. The van der Waals surface area contributed by atoms with Crippen LogP contribution in [0.2, 0.25) is 0 Å². The molecule has 1 N–H and O–H groups in total. The van der Waals surface area contributed by atoms with E-state index in [2.05, 4.69) is 32.5 Å². The number of aromatic nitrogens is 2. The number of fused-ring (bicyclic) bond motifs is 1. The van der Waals surface area contributed by atoms with E-state index in [9.17, 15) is 0 Å². The van der Waals surface area contributed by atoms with Gasteiger partial charge in [-0.05, 0) is 30.7 Å². The molecule has 0 radical (unpaired) electrons. The fraction of sp³-hybridized carbons (Fsp3) is 0.417. The number of rotatable bonds is 3. The summed E-state index contributed by atoms with van der Waals surface area (Å²) in [5.41, 5.74) is 1.00. The van der Waals surface area contributed by atoms with Gasteiger partial charge in [0.25, 0.3) is 0 Å². The predicted molar refractivity (Wildman–Crippen MR) is 69.2 cm³/mol. The van der Waals surface area contributed by atoms with E-state index in [-0.39, 0.29) is 0 Å². The van der Waals surface area contributed by atoms with E-state index in [1.165, 1.54) is 18.6 Å². The van der Waals surface area contributed by atoms with Crippen molar-refractivity contribution in [2.75, 3.05) is 17.6 Å². The molecular formula is C12H15N3S. The highest BCUT2D eigenvalue weighted by Crippen LogP contribution is 2.26. The summed E-state index contributed by atoms with van der Waals surface area (Å²) in [5.74, 6) is 2.46. The van der Waals surface area contributed by atoms with Gasteiger partial charge in [0.15, 0.2) is 0 Å². The van der Waals surface area contributed by atoms with Crippen molar-refractivity contribution in [2.24, 2.45) is 0 Å². The van der Waals surface area contributed by atoms with Crippen molar-refractivity contribution in [1.82, 2.24) is 9.38 Å². The molecule has 1 aliphatic heterocycles. The average Bonchev–Trinajstić information content (AvgIpc) is 2.97. The largest absolute Gasteiger partial charge is 0.370 e. The van der Waals surface area contributed by atoms with Crippen LogP contribution in [0.5, 0.6) is 0 Å². The maximum Gasteiger partial charge on any atom is 0.138 e. The van der Waals surface area contributed by atoms with Gasteiger partial charge in [-0.2, -0.15) is 11.8 Å².